The Morgan fingerprint density at radius 1 is 1.15 bits per heavy atom. The summed E-state index contributed by atoms with van der Waals surface area (Å²) in [6, 6.07) is 10.3. The Labute approximate surface area is 238 Å². The number of pyridine rings is 2. The van der Waals surface area contributed by atoms with Crippen molar-refractivity contribution in [3.8, 4) is 11.5 Å². The van der Waals surface area contributed by atoms with Gasteiger partial charge in [0.15, 0.2) is 17.3 Å². The third-order valence-electron chi connectivity index (χ3n) is 7.58. The van der Waals surface area contributed by atoms with E-state index in [1.807, 2.05) is 17.0 Å². The molecule has 2 aliphatic rings. The van der Waals surface area contributed by atoms with E-state index in [1.54, 1.807) is 28.9 Å². The van der Waals surface area contributed by atoms with Gasteiger partial charge in [-0.25, -0.2) is 28.8 Å². The van der Waals surface area contributed by atoms with E-state index in [1.165, 1.54) is 24.8 Å². The van der Waals surface area contributed by atoms with E-state index in [4.69, 9.17) is 21.3 Å². The Balaban J connectivity index is 1.14. The molecular weight excluding hydrogens is 549 g/mol. The first kappa shape index (κ1) is 25.1. The minimum Gasteiger partial charge on any atom is -0.455 e. The largest absolute Gasteiger partial charge is 0.455 e. The van der Waals surface area contributed by atoms with Crippen LogP contribution in [0.2, 0.25) is 5.02 Å². The molecule has 0 radical (unpaired) electrons. The number of ether oxygens (including phenoxy) is 1. The molecule has 4 aromatic heterocycles. The second-order valence-electron chi connectivity index (χ2n) is 9.91. The maximum Gasteiger partial charge on any atom is 0.246 e. The predicted molar refractivity (Wildman–Crippen MR) is 151 cm³/mol. The van der Waals surface area contributed by atoms with Crippen molar-refractivity contribution in [3.05, 3.63) is 78.7 Å². The van der Waals surface area contributed by atoms with E-state index in [0.29, 0.717) is 40.7 Å². The van der Waals surface area contributed by atoms with E-state index in [2.05, 4.69) is 36.8 Å². The Kier molecular flexibility index (Phi) is 6.11. The summed E-state index contributed by atoms with van der Waals surface area (Å²) in [5.74, 6) is 1.29. The van der Waals surface area contributed by atoms with E-state index in [0.717, 1.165) is 25.3 Å². The normalized spacial score (nSPS) is 18.2. The average molecular weight is 572 g/mol. The van der Waals surface area contributed by atoms with Gasteiger partial charge in [-0.2, -0.15) is 5.10 Å². The number of aromatic nitrogens is 6. The zero-order chi connectivity index (χ0) is 28.1. The van der Waals surface area contributed by atoms with Crippen LogP contribution in [0.4, 0.5) is 21.7 Å². The highest BCUT2D eigenvalue weighted by Crippen LogP contribution is 2.38. The van der Waals surface area contributed by atoms with Crippen molar-refractivity contribution in [2.45, 2.75) is 12.5 Å². The van der Waals surface area contributed by atoms with Crippen LogP contribution < -0.4 is 15.0 Å². The summed E-state index contributed by atoms with van der Waals surface area (Å²) in [4.78, 5) is 34.0. The number of fused-ring (bicyclic) bond motifs is 3. The molecule has 0 saturated carbocycles. The van der Waals surface area contributed by atoms with Crippen LogP contribution >= 0.6 is 11.6 Å². The molecule has 7 rings (SSSR count). The minimum atomic E-state index is -0.699. The van der Waals surface area contributed by atoms with Crippen molar-refractivity contribution in [2.24, 2.45) is 5.92 Å². The fraction of sp³-hybridized carbons (Fsp3) is 0.214. The second kappa shape index (κ2) is 9.97. The first-order valence-corrected chi connectivity index (χ1v) is 13.4. The van der Waals surface area contributed by atoms with E-state index < -0.39 is 5.82 Å². The van der Waals surface area contributed by atoms with E-state index >= 15 is 4.39 Å². The molecule has 0 aliphatic carbocycles. The number of hydrogen-bond acceptors (Lipinski definition) is 9. The lowest BCUT2D eigenvalue weighted by Gasteiger charge is -2.24. The molecule has 0 bridgehead atoms. The van der Waals surface area contributed by atoms with Gasteiger partial charge in [-0.15, -0.1) is 0 Å². The van der Waals surface area contributed by atoms with Crippen molar-refractivity contribution in [1.82, 2.24) is 34.4 Å². The zero-order valence-corrected chi connectivity index (χ0v) is 22.4. The number of likely N-dealkylation sites (tertiary alicyclic amines) is 1. The molecule has 1 aromatic carbocycles. The first-order chi connectivity index (χ1) is 20.0. The van der Waals surface area contributed by atoms with Crippen molar-refractivity contribution in [1.29, 1.82) is 0 Å². The number of hydrogen-bond donors (Lipinski definition) is 1. The monoisotopic (exact) mass is 571 g/mol. The fourth-order valence-corrected chi connectivity index (χ4v) is 5.76. The van der Waals surface area contributed by atoms with E-state index in [9.17, 15) is 4.79 Å². The van der Waals surface area contributed by atoms with Crippen molar-refractivity contribution in [2.75, 3.05) is 29.9 Å². The maximum absolute atomic E-state index is 15.4. The number of carbonyl (C=O) groups is 1. The molecule has 206 valence electrons. The van der Waals surface area contributed by atoms with Gasteiger partial charge in [0.05, 0.1) is 17.2 Å². The molecule has 11 nitrogen and oxygen atoms in total. The standard InChI is InChI=1S/C28H23ClFN9O2/c1-2-24(40)38-9-7-16-12-37(13-20(16)38)22-6-4-19-27(36-22)28(33-14-31-19)35-18-3-5-21(25(29)26(18)30)41-17-8-10-39-23(11-17)32-15-34-39/h2-6,8,10-11,14-16,20H,1,7,9,12-13H2,(H,31,33,35)/t16-,20+/m0/s1. The summed E-state index contributed by atoms with van der Waals surface area (Å²) in [5, 5.41) is 6.88. The quantitative estimate of drug-likeness (QED) is 0.292. The van der Waals surface area contributed by atoms with E-state index in [-0.39, 0.29) is 28.4 Å². The first-order valence-electron chi connectivity index (χ1n) is 13.0. The molecule has 0 unspecified atom stereocenters. The van der Waals surface area contributed by atoms with Crippen molar-refractivity contribution in [3.63, 3.8) is 0 Å². The van der Waals surface area contributed by atoms with Crippen LogP contribution in [0, 0.1) is 11.7 Å². The maximum atomic E-state index is 15.4. The number of halogens is 2. The number of benzene rings is 1. The summed E-state index contributed by atoms with van der Waals surface area (Å²) in [7, 11) is 0. The van der Waals surface area contributed by atoms with Gasteiger partial charge >= 0.3 is 0 Å². The molecule has 0 spiro atoms. The highest BCUT2D eigenvalue weighted by atomic mass is 35.5. The summed E-state index contributed by atoms with van der Waals surface area (Å²) in [6.07, 6.45) is 6.82. The Morgan fingerprint density at radius 3 is 2.93 bits per heavy atom. The third-order valence-corrected chi connectivity index (χ3v) is 7.93. The molecule has 41 heavy (non-hydrogen) atoms. The van der Waals surface area contributed by atoms with Gasteiger partial charge in [0.2, 0.25) is 5.91 Å². The molecule has 5 aromatic rings. The summed E-state index contributed by atoms with van der Waals surface area (Å²) < 4.78 is 22.8. The summed E-state index contributed by atoms with van der Waals surface area (Å²) >= 11 is 6.37. The predicted octanol–water partition coefficient (Wildman–Crippen LogP) is 4.62. The van der Waals surface area contributed by atoms with Gasteiger partial charge in [-0.3, -0.25) is 4.79 Å². The van der Waals surface area contributed by atoms with Gasteiger partial charge in [0.25, 0.3) is 0 Å². The van der Waals surface area contributed by atoms with Gasteiger partial charge < -0.3 is 19.9 Å². The van der Waals surface area contributed by atoms with Gasteiger partial charge in [0, 0.05) is 37.8 Å². The number of nitrogens with zero attached hydrogens (tertiary/aromatic N) is 8. The Hall–Kier alpha value is -4.84. The van der Waals surface area contributed by atoms with Gasteiger partial charge in [0.1, 0.15) is 40.5 Å². The lowest BCUT2D eigenvalue weighted by molar-refractivity contribution is -0.126. The number of anilines is 3. The van der Waals surface area contributed by atoms with Crippen LogP contribution in [0.3, 0.4) is 0 Å². The second-order valence-corrected chi connectivity index (χ2v) is 10.3. The minimum absolute atomic E-state index is 0.0424. The van der Waals surface area contributed by atoms with Gasteiger partial charge in [-0.05, 0) is 42.8 Å². The van der Waals surface area contributed by atoms with Crippen LogP contribution in [0.25, 0.3) is 16.7 Å². The van der Waals surface area contributed by atoms with Crippen LogP contribution in [-0.4, -0.2) is 66.0 Å². The highest BCUT2D eigenvalue weighted by Gasteiger charge is 2.43. The molecule has 13 heteroatoms. The van der Waals surface area contributed by atoms with Crippen LogP contribution in [-0.2, 0) is 4.79 Å². The van der Waals surface area contributed by atoms with Crippen molar-refractivity contribution < 1.29 is 13.9 Å². The molecule has 2 saturated heterocycles. The fourth-order valence-electron chi connectivity index (χ4n) is 5.56. The molecule has 1 amide bonds. The van der Waals surface area contributed by atoms with Crippen LogP contribution in [0.15, 0.2) is 67.9 Å². The summed E-state index contributed by atoms with van der Waals surface area (Å²) in [5.41, 5.74) is 1.78. The SMILES string of the molecule is C=CC(=O)N1CC[C@H]2CN(c3ccc4ncnc(Nc5ccc(Oc6ccn7ncnc7c6)c(Cl)c5F)c4n3)C[C@H]21. The number of amides is 1. The molecule has 1 N–H and O–H groups in total. The average Bonchev–Trinajstić information content (AvgIpc) is 3.72. The molecule has 2 fully saturated rings. The number of nitrogens with one attached hydrogen (secondary N) is 1. The Morgan fingerprint density at radius 2 is 2.05 bits per heavy atom. The lowest BCUT2D eigenvalue weighted by Crippen LogP contribution is -2.38. The van der Waals surface area contributed by atoms with Crippen LogP contribution in [0.5, 0.6) is 11.5 Å². The third kappa shape index (κ3) is 4.45. The highest BCUT2D eigenvalue weighted by molar-refractivity contribution is 6.32. The molecular formula is C28H23ClFN9O2. The molecule has 6 heterocycles. The lowest BCUT2D eigenvalue weighted by atomic mass is 10.1. The molecule has 2 aliphatic heterocycles. The Bertz CT molecular complexity index is 1830. The number of rotatable bonds is 6. The van der Waals surface area contributed by atoms with Gasteiger partial charge in [-0.1, -0.05) is 18.2 Å². The molecule has 2 atom stereocenters. The topological polar surface area (TPSA) is 114 Å². The zero-order valence-electron chi connectivity index (χ0n) is 21.6. The number of carbonyl (C=O) groups excluding carboxylic acids is 1. The van der Waals surface area contributed by atoms with Crippen LogP contribution in [0.1, 0.15) is 6.42 Å². The summed E-state index contributed by atoms with van der Waals surface area (Å²) in [6.45, 7) is 5.84. The smallest absolute Gasteiger partial charge is 0.246 e. The van der Waals surface area contributed by atoms with Crippen molar-refractivity contribution >= 4 is 51.5 Å².